The Balaban J connectivity index is 1.93. The third kappa shape index (κ3) is 3.89. The lowest BCUT2D eigenvalue weighted by Gasteiger charge is -2.21. The Bertz CT molecular complexity index is 452. The number of likely N-dealkylation sites (tertiary alicyclic amines) is 1. The maximum Gasteiger partial charge on any atom is 0.241 e. The summed E-state index contributed by atoms with van der Waals surface area (Å²) in [4.78, 5) is 14.2. The van der Waals surface area contributed by atoms with Crippen molar-refractivity contribution in [3.05, 3.63) is 23.8 Å². The molecule has 1 aromatic carbocycles. The van der Waals surface area contributed by atoms with E-state index in [0.29, 0.717) is 6.54 Å². The first kappa shape index (κ1) is 14.7. The van der Waals surface area contributed by atoms with Gasteiger partial charge in [-0.05, 0) is 37.5 Å². The number of nitrogens with one attached hydrogen (secondary N) is 1. The summed E-state index contributed by atoms with van der Waals surface area (Å²) < 4.78 is 5.31. The number of carbonyl (C=O) groups is 1. The van der Waals surface area contributed by atoms with Gasteiger partial charge in [0.25, 0.3) is 0 Å². The molecule has 2 rings (SSSR count). The number of carbonyl (C=O) groups excluding carboxylic acids is 1. The van der Waals surface area contributed by atoms with Crippen LogP contribution in [-0.4, -0.2) is 37.6 Å². The van der Waals surface area contributed by atoms with Crippen LogP contribution < -0.4 is 10.1 Å². The third-order valence-corrected chi connectivity index (χ3v) is 3.74. The molecule has 1 amide bonds. The molecule has 1 heterocycles. The van der Waals surface area contributed by atoms with Crippen molar-refractivity contribution in [1.82, 2.24) is 4.90 Å². The molecule has 20 heavy (non-hydrogen) atoms. The second-order valence-electron chi connectivity index (χ2n) is 5.35. The number of benzene rings is 1. The zero-order valence-electron chi connectivity index (χ0n) is 12.4. The van der Waals surface area contributed by atoms with Gasteiger partial charge in [0.1, 0.15) is 5.75 Å². The topological polar surface area (TPSA) is 41.6 Å². The van der Waals surface area contributed by atoms with Crippen molar-refractivity contribution in [2.75, 3.05) is 32.1 Å². The second kappa shape index (κ2) is 7.17. The molecule has 1 N–H and O–H groups in total. The highest BCUT2D eigenvalue weighted by Crippen LogP contribution is 2.25. The zero-order chi connectivity index (χ0) is 14.4. The summed E-state index contributed by atoms with van der Waals surface area (Å²) in [7, 11) is 1.65. The summed E-state index contributed by atoms with van der Waals surface area (Å²) in [5, 5.41) is 3.21. The highest BCUT2D eigenvalue weighted by molar-refractivity contribution is 5.81. The van der Waals surface area contributed by atoms with E-state index in [2.05, 4.69) is 5.32 Å². The number of rotatable bonds is 4. The van der Waals surface area contributed by atoms with Crippen molar-refractivity contribution in [2.24, 2.45) is 0 Å². The number of amides is 1. The molecule has 1 aromatic rings. The Kier molecular flexibility index (Phi) is 5.27. The van der Waals surface area contributed by atoms with E-state index >= 15 is 0 Å². The van der Waals surface area contributed by atoms with Crippen LogP contribution in [0.25, 0.3) is 0 Å². The van der Waals surface area contributed by atoms with Crippen LogP contribution in [0.5, 0.6) is 5.75 Å². The van der Waals surface area contributed by atoms with E-state index in [0.717, 1.165) is 42.9 Å². The predicted octanol–water partition coefficient (Wildman–Crippen LogP) is 2.82. The Morgan fingerprint density at radius 1 is 1.25 bits per heavy atom. The summed E-state index contributed by atoms with van der Waals surface area (Å²) in [6.45, 7) is 4.15. The molecule has 4 nitrogen and oxygen atoms in total. The molecule has 110 valence electrons. The SMILES string of the molecule is COc1ccc(C)cc1NCC(=O)N1CCCCCC1. The van der Waals surface area contributed by atoms with Crippen molar-refractivity contribution in [2.45, 2.75) is 32.6 Å². The van der Waals surface area contributed by atoms with Crippen molar-refractivity contribution < 1.29 is 9.53 Å². The van der Waals surface area contributed by atoms with Gasteiger partial charge in [0, 0.05) is 13.1 Å². The monoisotopic (exact) mass is 276 g/mol. The fourth-order valence-electron chi connectivity index (χ4n) is 2.56. The van der Waals surface area contributed by atoms with Crippen molar-refractivity contribution in [3.63, 3.8) is 0 Å². The first-order chi connectivity index (χ1) is 9.70. The minimum Gasteiger partial charge on any atom is -0.495 e. The predicted molar refractivity (Wildman–Crippen MR) is 81.3 cm³/mol. The number of hydrogen-bond donors (Lipinski definition) is 1. The van der Waals surface area contributed by atoms with E-state index in [9.17, 15) is 4.79 Å². The lowest BCUT2D eigenvalue weighted by molar-refractivity contribution is -0.129. The highest BCUT2D eigenvalue weighted by Gasteiger charge is 2.15. The standard InChI is InChI=1S/C16H24N2O2/c1-13-7-8-15(20-2)14(11-13)17-12-16(19)18-9-5-3-4-6-10-18/h7-8,11,17H,3-6,9-10,12H2,1-2H3. The van der Waals surface area contributed by atoms with Gasteiger partial charge in [-0.15, -0.1) is 0 Å². The Morgan fingerprint density at radius 3 is 2.60 bits per heavy atom. The van der Waals surface area contributed by atoms with E-state index in [1.54, 1.807) is 7.11 Å². The van der Waals surface area contributed by atoms with Crippen LogP contribution in [0.15, 0.2) is 18.2 Å². The molecular formula is C16H24N2O2. The van der Waals surface area contributed by atoms with E-state index in [1.807, 2.05) is 30.0 Å². The molecule has 4 heteroatoms. The Hall–Kier alpha value is -1.71. The first-order valence-electron chi connectivity index (χ1n) is 7.37. The van der Waals surface area contributed by atoms with Crippen LogP contribution in [0.4, 0.5) is 5.69 Å². The average Bonchev–Trinajstić information content (AvgIpc) is 2.74. The highest BCUT2D eigenvalue weighted by atomic mass is 16.5. The van der Waals surface area contributed by atoms with Crippen LogP contribution >= 0.6 is 0 Å². The number of methoxy groups -OCH3 is 1. The van der Waals surface area contributed by atoms with Gasteiger partial charge in [-0.1, -0.05) is 18.9 Å². The third-order valence-electron chi connectivity index (χ3n) is 3.74. The van der Waals surface area contributed by atoms with Crippen molar-refractivity contribution in [1.29, 1.82) is 0 Å². The van der Waals surface area contributed by atoms with E-state index in [1.165, 1.54) is 12.8 Å². The fourth-order valence-corrected chi connectivity index (χ4v) is 2.56. The minimum absolute atomic E-state index is 0.176. The second-order valence-corrected chi connectivity index (χ2v) is 5.35. The van der Waals surface area contributed by atoms with Gasteiger partial charge in [-0.3, -0.25) is 4.79 Å². The molecule has 0 saturated carbocycles. The smallest absolute Gasteiger partial charge is 0.241 e. The molecule has 1 aliphatic rings. The molecular weight excluding hydrogens is 252 g/mol. The zero-order valence-corrected chi connectivity index (χ0v) is 12.4. The van der Waals surface area contributed by atoms with Gasteiger partial charge in [0.05, 0.1) is 19.3 Å². The minimum atomic E-state index is 0.176. The lowest BCUT2D eigenvalue weighted by Crippen LogP contribution is -2.36. The van der Waals surface area contributed by atoms with Crippen LogP contribution in [0.2, 0.25) is 0 Å². The fraction of sp³-hybridized carbons (Fsp3) is 0.562. The normalized spacial score (nSPS) is 15.6. The van der Waals surface area contributed by atoms with Gasteiger partial charge in [-0.25, -0.2) is 0 Å². The van der Waals surface area contributed by atoms with Crippen molar-refractivity contribution >= 4 is 11.6 Å². The maximum atomic E-state index is 12.2. The van der Waals surface area contributed by atoms with Crippen LogP contribution in [0.1, 0.15) is 31.2 Å². The number of hydrogen-bond acceptors (Lipinski definition) is 3. The van der Waals surface area contributed by atoms with Crippen LogP contribution in [0.3, 0.4) is 0 Å². The largest absolute Gasteiger partial charge is 0.495 e. The van der Waals surface area contributed by atoms with Crippen LogP contribution in [0, 0.1) is 6.92 Å². The number of nitrogens with zero attached hydrogens (tertiary/aromatic N) is 1. The lowest BCUT2D eigenvalue weighted by atomic mass is 10.2. The average molecular weight is 276 g/mol. The molecule has 0 unspecified atom stereocenters. The summed E-state index contributed by atoms with van der Waals surface area (Å²) >= 11 is 0. The molecule has 0 aliphatic carbocycles. The summed E-state index contributed by atoms with van der Waals surface area (Å²) in [6, 6.07) is 5.93. The first-order valence-corrected chi connectivity index (χ1v) is 7.37. The van der Waals surface area contributed by atoms with E-state index in [-0.39, 0.29) is 5.91 Å². The summed E-state index contributed by atoms with van der Waals surface area (Å²) in [5.41, 5.74) is 2.03. The molecule has 1 saturated heterocycles. The maximum absolute atomic E-state index is 12.2. The summed E-state index contributed by atoms with van der Waals surface area (Å²) in [6.07, 6.45) is 4.73. The van der Waals surface area contributed by atoms with Gasteiger partial charge >= 0.3 is 0 Å². The summed E-state index contributed by atoms with van der Waals surface area (Å²) in [5.74, 6) is 0.953. The number of aryl methyl sites for hydroxylation is 1. The molecule has 1 aliphatic heterocycles. The van der Waals surface area contributed by atoms with Crippen LogP contribution in [-0.2, 0) is 4.79 Å². The van der Waals surface area contributed by atoms with Gasteiger partial charge in [0.2, 0.25) is 5.91 Å². The van der Waals surface area contributed by atoms with Gasteiger partial charge < -0.3 is 15.0 Å². The van der Waals surface area contributed by atoms with E-state index < -0.39 is 0 Å². The van der Waals surface area contributed by atoms with Gasteiger partial charge in [-0.2, -0.15) is 0 Å². The number of anilines is 1. The van der Waals surface area contributed by atoms with E-state index in [4.69, 9.17) is 4.74 Å². The molecule has 0 bridgehead atoms. The van der Waals surface area contributed by atoms with Gasteiger partial charge in [0.15, 0.2) is 0 Å². The Labute approximate surface area is 121 Å². The Morgan fingerprint density at radius 2 is 1.95 bits per heavy atom. The molecule has 0 atom stereocenters. The molecule has 0 radical (unpaired) electrons. The molecule has 0 aromatic heterocycles. The quantitative estimate of drug-likeness (QED) is 0.919. The molecule has 0 spiro atoms. The van der Waals surface area contributed by atoms with Crippen molar-refractivity contribution in [3.8, 4) is 5.75 Å². The number of ether oxygens (including phenoxy) is 1. The molecule has 1 fully saturated rings.